The van der Waals surface area contributed by atoms with Crippen LogP contribution in [0.25, 0.3) is 0 Å². The Morgan fingerprint density at radius 1 is 0.649 bits per heavy atom. The van der Waals surface area contributed by atoms with E-state index in [1.165, 1.54) is 33.4 Å². The van der Waals surface area contributed by atoms with Gasteiger partial charge >= 0.3 is 0 Å². The Bertz CT molecular complexity index is 2170. The highest BCUT2D eigenvalue weighted by Crippen LogP contribution is 2.55. The number of likely N-dealkylation sites (tertiary alicyclic amines) is 4. The first-order chi connectivity index (χ1) is 27.5. The van der Waals surface area contributed by atoms with E-state index in [-0.39, 0.29) is 22.5 Å². The van der Waals surface area contributed by atoms with Crippen LogP contribution in [0.5, 0.6) is 17.2 Å². The van der Waals surface area contributed by atoms with Crippen LogP contribution in [0.15, 0.2) is 84.9 Å². The molecule has 6 aliphatic rings. The molecule has 10 rings (SSSR count). The Kier molecular flexibility index (Phi) is 9.60. The fourth-order valence-electron chi connectivity index (χ4n) is 11.8. The highest BCUT2D eigenvalue weighted by molar-refractivity contribution is 5.80. The van der Waals surface area contributed by atoms with Crippen molar-refractivity contribution < 1.29 is 24.5 Å². The summed E-state index contributed by atoms with van der Waals surface area (Å²) in [6, 6.07) is 28.8. The summed E-state index contributed by atoms with van der Waals surface area (Å²) in [4.78, 5) is 35.6. The highest BCUT2D eigenvalue weighted by atomic mass is 16.5. The number of aromatic hydroxyl groups is 2. The van der Waals surface area contributed by atoms with Gasteiger partial charge in [0.2, 0.25) is 11.8 Å². The molecule has 57 heavy (non-hydrogen) atoms. The highest BCUT2D eigenvalue weighted by Gasteiger charge is 2.58. The third-order valence-corrected chi connectivity index (χ3v) is 14.9. The molecule has 2 aliphatic carbocycles. The first kappa shape index (κ1) is 37.7. The van der Waals surface area contributed by atoms with Gasteiger partial charge in [-0.1, -0.05) is 54.1 Å². The van der Waals surface area contributed by atoms with Crippen LogP contribution in [0, 0.1) is 18.8 Å². The van der Waals surface area contributed by atoms with Gasteiger partial charge in [-0.2, -0.15) is 0 Å². The average Bonchev–Trinajstić information content (AvgIpc) is 3.20. The number of hydrogen-bond acceptors (Lipinski definition) is 7. The largest absolute Gasteiger partial charge is 0.508 e. The van der Waals surface area contributed by atoms with E-state index in [9.17, 15) is 19.8 Å². The first-order valence-corrected chi connectivity index (χ1v) is 20.8. The molecule has 0 radical (unpaired) electrons. The fraction of sp³-hybridized carbons (Fsp3) is 0.458. The minimum absolute atomic E-state index is 0.0181. The second-order valence-corrected chi connectivity index (χ2v) is 17.9. The number of likely N-dealkylation sites (N-methyl/N-ethyl adjacent to an activating group) is 2. The van der Waals surface area contributed by atoms with E-state index in [0.717, 1.165) is 63.2 Å². The Balaban J connectivity index is 0.000000148. The van der Waals surface area contributed by atoms with Crippen LogP contribution in [-0.4, -0.2) is 101 Å². The van der Waals surface area contributed by atoms with Crippen LogP contribution < -0.4 is 4.74 Å². The number of piperidine rings is 4. The molecule has 4 saturated heterocycles. The molecule has 0 aromatic heterocycles. The molecule has 4 aromatic carbocycles. The lowest BCUT2D eigenvalue weighted by Crippen LogP contribution is -2.65. The summed E-state index contributed by atoms with van der Waals surface area (Å²) in [6.07, 6.45) is 5.27. The number of hydrogen-bond donors (Lipinski definition) is 2. The van der Waals surface area contributed by atoms with Gasteiger partial charge in [-0.3, -0.25) is 9.59 Å². The Morgan fingerprint density at radius 2 is 1.12 bits per heavy atom. The van der Waals surface area contributed by atoms with Crippen molar-refractivity contribution in [3.8, 4) is 17.2 Å². The number of ether oxygens (including phenoxy) is 1. The molecule has 4 aliphatic heterocycles. The predicted octanol–water partition coefficient (Wildman–Crippen LogP) is 6.19. The smallest absolute Gasteiger partial charge is 0.223 e. The van der Waals surface area contributed by atoms with Crippen molar-refractivity contribution in [1.82, 2.24) is 19.6 Å². The maximum Gasteiger partial charge on any atom is 0.223 e. The summed E-state index contributed by atoms with van der Waals surface area (Å²) in [5.74, 6) is 2.75. The molecule has 9 heteroatoms. The maximum atomic E-state index is 13.3. The molecule has 4 fully saturated rings. The number of fused-ring (bicyclic) bond motifs is 2. The Hall–Kier alpha value is -4.86. The van der Waals surface area contributed by atoms with E-state index < -0.39 is 0 Å². The van der Waals surface area contributed by atoms with Gasteiger partial charge < -0.3 is 34.5 Å². The summed E-state index contributed by atoms with van der Waals surface area (Å²) >= 11 is 0. The average molecular weight is 769 g/mol. The van der Waals surface area contributed by atoms with E-state index in [0.29, 0.717) is 61.5 Å². The molecular weight excluding hydrogens is 713 g/mol. The number of carbonyl (C=O) groups excluding carboxylic acids is 2. The molecule has 9 nitrogen and oxygen atoms in total. The van der Waals surface area contributed by atoms with E-state index in [1.54, 1.807) is 25.3 Å². The zero-order valence-corrected chi connectivity index (χ0v) is 33.8. The van der Waals surface area contributed by atoms with Crippen LogP contribution >= 0.6 is 0 Å². The van der Waals surface area contributed by atoms with Crippen molar-refractivity contribution in [3.05, 3.63) is 124 Å². The lowest BCUT2D eigenvalue weighted by atomic mass is 9.54. The lowest BCUT2D eigenvalue weighted by Gasteiger charge is -2.59. The molecule has 0 unspecified atom stereocenters. The van der Waals surface area contributed by atoms with Crippen molar-refractivity contribution in [3.63, 3.8) is 0 Å². The van der Waals surface area contributed by atoms with Gasteiger partial charge in [0, 0.05) is 73.8 Å². The van der Waals surface area contributed by atoms with Crippen molar-refractivity contribution in [2.45, 2.75) is 81.5 Å². The summed E-state index contributed by atoms with van der Waals surface area (Å²) in [7, 11) is 6.14. The minimum atomic E-state index is -0.161. The monoisotopic (exact) mass is 768 g/mol. The van der Waals surface area contributed by atoms with Gasteiger partial charge in [-0.25, -0.2) is 0 Å². The number of rotatable bonds is 5. The third-order valence-electron chi connectivity index (χ3n) is 14.9. The van der Waals surface area contributed by atoms with Crippen LogP contribution in [0.1, 0.15) is 64.6 Å². The van der Waals surface area contributed by atoms with Crippen LogP contribution in [0.4, 0.5) is 0 Å². The number of phenolic OH excluding ortho intramolecular Hbond substituents is 2. The predicted molar refractivity (Wildman–Crippen MR) is 220 cm³/mol. The quantitative estimate of drug-likeness (QED) is 0.250. The molecule has 2 amide bonds. The summed E-state index contributed by atoms with van der Waals surface area (Å²) in [6.45, 7) is 7.11. The molecule has 2 N–H and O–H groups in total. The van der Waals surface area contributed by atoms with Crippen molar-refractivity contribution in [1.29, 1.82) is 0 Å². The molecule has 0 saturated carbocycles. The number of phenols is 2. The van der Waals surface area contributed by atoms with E-state index >= 15 is 0 Å². The van der Waals surface area contributed by atoms with Gasteiger partial charge in [-0.15, -0.1) is 0 Å². The normalized spacial score (nSPS) is 29.0. The summed E-state index contributed by atoms with van der Waals surface area (Å²) < 4.78 is 5.27. The van der Waals surface area contributed by atoms with Crippen LogP contribution in [0.2, 0.25) is 0 Å². The second kappa shape index (κ2) is 14.5. The van der Waals surface area contributed by atoms with Gasteiger partial charge in [0.1, 0.15) is 17.2 Å². The molecule has 4 bridgehead atoms. The van der Waals surface area contributed by atoms with Crippen molar-refractivity contribution in [2.75, 3.05) is 47.4 Å². The molecule has 6 atom stereocenters. The number of carbonyl (C=O) groups is 2. The zero-order chi connectivity index (χ0) is 39.6. The maximum absolute atomic E-state index is 13.3. The topological polar surface area (TPSA) is 96.8 Å². The zero-order valence-electron chi connectivity index (χ0n) is 33.8. The third kappa shape index (κ3) is 6.57. The number of amides is 2. The standard InChI is InChI=1S/C25H30N2O2.C23H26N2O3/c1-17-4-7-19-13-23-22-16-27(15-18-5-8-20(29-3)9-6-18)24(28)14-25(22,21(19)12-17)10-11-26(23)2;1-24-9-8-23-12-22(28)25(13-15-2-5-17(26)6-3-15)14-20(23)21(24)10-16-4-7-18(27)11-19(16)23/h4-9,12,22-23H,10-11,13-16H2,1-3H3;2-7,11,20-21,26-27H,8-10,12-14H2,1H3/t22-,23+,25+;20-,21+,23+/m00/s1. The van der Waals surface area contributed by atoms with Gasteiger partial charge in [-0.05, 0) is 130 Å². The number of nitrogens with zero attached hydrogens (tertiary/aromatic N) is 4. The van der Waals surface area contributed by atoms with Crippen LogP contribution in [0.3, 0.4) is 0 Å². The van der Waals surface area contributed by atoms with E-state index in [2.05, 4.69) is 66.1 Å². The molecule has 0 spiro atoms. The Morgan fingerprint density at radius 3 is 1.65 bits per heavy atom. The van der Waals surface area contributed by atoms with E-state index in [4.69, 9.17) is 4.74 Å². The van der Waals surface area contributed by atoms with Gasteiger partial charge in [0.25, 0.3) is 0 Å². The van der Waals surface area contributed by atoms with Gasteiger partial charge in [0.15, 0.2) is 0 Å². The number of aryl methyl sites for hydroxylation is 1. The van der Waals surface area contributed by atoms with Crippen molar-refractivity contribution >= 4 is 11.8 Å². The van der Waals surface area contributed by atoms with Crippen molar-refractivity contribution in [2.24, 2.45) is 11.8 Å². The molecule has 4 aromatic rings. The summed E-state index contributed by atoms with van der Waals surface area (Å²) in [5, 5.41) is 19.6. The SMILES string of the molecule is CN1CC[C@]23CC(=O)N(Cc4ccc(O)cc4)C[C@H]2[C@H]1Cc1ccc(O)cc13.COc1ccc(CN2C[C@H]3[C@H]4Cc5ccc(C)cc5[C@@]3(CCN4C)CC2=O)cc1. The fourth-order valence-corrected chi connectivity index (χ4v) is 11.8. The number of benzene rings is 4. The molecule has 298 valence electrons. The minimum Gasteiger partial charge on any atom is -0.508 e. The lowest BCUT2D eigenvalue weighted by molar-refractivity contribution is -0.145. The number of methoxy groups -OCH3 is 1. The second-order valence-electron chi connectivity index (χ2n) is 17.9. The Labute approximate surface area is 336 Å². The van der Waals surface area contributed by atoms with E-state index in [1.807, 2.05) is 41.3 Å². The first-order valence-electron chi connectivity index (χ1n) is 20.8. The van der Waals surface area contributed by atoms with Gasteiger partial charge in [0.05, 0.1) is 7.11 Å². The summed E-state index contributed by atoms with van der Waals surface area (Å²) in [5.41, 5.74) is 8.77. The van der Waals surface area contributed by atoms with Crippen LogP contribution in [-0.2, 0) is 46.4 Å². The molecular formula is C48H56N4O5. The molecule has 4 heterocycles.